The summed E-state index contributed by atoms with van der Waals surface area (Å²) in [6, 6.07) is 8.48. The predicted molar refractivity (Wildman–Crippen MR) is 76.4 cm³/mol. The second kappa shape index (κ2) is 7.13. The zero-order valence-corrected chi connectivity index (χ0v) is 11.2. The van der Waals surface area contributed by atoms with E-state index in [1.165, 1.54) is 22.9 Å². The molecule has 0 amide bonds. The van der Waals surface area contributed by atoms with Crippen LogP contribution in [0.5, 0.6) is 0 Å². The van der Waals surface area contributed by atoms with Crippen molar-refractivity contribution in [3.63, 3.8) is 0 Å². The normalized spacial score (nSPS) is 12.0. The largest absolute Gasteiger partial charge is 0.361 e. The van der Waals surface area contributed by atoms with Crippen LogP contribution in [0.3, 0.4) is 0 Å². The Morgan fingerprint density at radius 2 is 1.88 bits per heavy atom. The number of aromatic nitrogens is 1. The fourth-order valence-electron chi connectivity index (χ4n) is 1.72. The Morgan fingerprint density at radius 3 is 2.47 bits per heavy atom. The molecule has 2 nitrogen and oxygen atoms in total. The van der Waals surface area contributed by atoms with Gasteiger partial charge in [0.1, 0.15) is 0 Å². The minimum absolute atomic E-state index is 0.649. The van der Waals surface area contributed by atoms with Gasteiger partial charge in [-0.15, -0.1) is 0 Å². The third-order valence-corrected chi connectivity index (χ3v) is 3.05. The molecule has 2 heteroatoms. The summed E-state index contributed by atoms with van der Waals surface area (Å²) in [5.74, 6) is 0.649. The maximum atomic E-state index is 5.03. The number of nitrogens with one attached hydrogen (secondary N) is 1. The Labute approximate surface area is 104 Å². The maximum Gasteiger partial charge on any atom is 0.0456 e. The summed E-state index contributed by atoms with van der Waals surface area (Å²) in [5, 5.41) is 1.37. The van der Waals surface area contributed by atoms with Crippen molar-refractivity contribution in [1.29, 1.82) is 0 Å². The lowest BCUT2D eigenvalue weighted by Crippen LogP contribution is -1.93. The lowest BCUT2D eigenvalue weighted by atomic mass is 9.98. The van der Waals surface area contributed by atoms with Gasteiger partial charge in [-0.05, 0) is 36.9 Å². The Hall–Kier alpha value is -1.28. The first kappa shape index (κ1) is 13.8. The molecule has 17 heavy (non-hydrogen) atoms. The monoisotopic (exact) mass is 232 g/mol. The minimum Gasteiger partial charge on any atom is -0.361 e. The van der Waals surface area contributed by atoms with Crippen molar-refractivity contribution < 1.29 is 0 Å². The lowest BCUT2D eigenvalue weighted by molar-refractivity contribution is 0.739. The van der Waals surface area contributed by atoms with Gasteiger partial charge in [-0.3, -0.25) is 0 Å². The second-order valence-electron chi connectivity index (χ2n) is 4.39. The maximum absolute atomic E-state index is 5.03. The summed E-state index contributed by atoms with van der Waals surface area (Å²) in [4.78, 5) is 3.30. The van der Waals surface area contributed by atoms with Crippen LogP contribution in [0.4, 0.5) is 0 Å². The fraction of sp³-hybridized carbons (Fsp3) is 0.467. The molecule has 0 saturated heterocycles. The second-order valence-corrected chi connectivity index (χ2v) is 4.39. The average Bonchev–Trinajstić information content (AvgIpc) is 2.82. The van der Waals surface area contributed by atoms with Gasteiger partial charge in [-0.2, -0.15) is 0 Å². The minimum atomic E-state index is 0.649. The van der Waals surface area contributed by atoms with Gasteiger partial charge in [0.2, 0.25) is 0 Å². The predicted octanol–water partition coefficient (Wildman–Crippen LogP) is 4.04. The van der Waals surface area contributed by atoms with E-state index in [0.29, 0.717) is 5.92 Å². The number of benzene rings is 1. The summed E-state index contributed by atoms with van der Waals surface area (Å²) in [6.07, 6.45) is 4.43. The zero-order valence-electron chi connectivity index (χ0n) is 11.2. The molecular formula is C15H24N2. The average molecular weight is 232 g/mol. The Kier molecular flexibility index (Phi) is 5.78. The molecule has 1 atom stereocenters. The summed E-state index contributed by atoms with van der Waals surface area (Å²) in [5.41, 5.74) is 7.72. The molecule has 1 aromatic heterocycles. The number of rotatable bonds is 3. The van der Waals surface area contributed by atoms with Gasteiger partial charge in [-0.25, -0.2) is 0 Å². The molecule has 0 aliphatic rings. The van der Waals surface area contributed by atoms with Crippen LogP contribution in [-0.2, 0) is 0 Å². The first-order valence-electron chi connectivity index (χ1n) is 6.50. The van der Waals surface area contributed by atoms with Gasteiger partial charge in [0, 0.05) is 17.1 Å². The van der Waals surface area contributed by atoms with Crippen LogP contribution in [0.1, 0.15) is 45.1 Å². The van der Waals surface area contributed by atoms with E-state index in [-0.39, 0.29) is 0 Å². The summed E-state index contributed by atoms with van der Waals surface area (Å²) in [6.45, 7) is 7.38. The molecule has 1 aromatic carbocycles. The van der Waals surface area contributed by atoms with Crippen LogP contribution < -0.4 is 5.73 Å². The SMILES string of the molecule is CCC(C)c1c[nH]c2ccccc12.CCCN. The van der Waals surface area contributed by atoms with Crippen molar-refractivity contribution in [2.24, 2.45) is 5.73 Å². The molecule has 2 rings (SSSR count). The van der Waals surface area contributed by atoms with Crippen molar-refractivity contribution >= 4 is 10.9 Å². The molecule has 0 aliphatic heterocycles. The van der Waals surface area contributed by atoms with Crippen molar-refractivity contribution in [1.82, 2.24) is 4.98 Å². The Morgan fingerprint density at radius 1 is 1.24 bits per heavy atom. The molecule has 1 heterocycles. The summed E-state index contributed by atoms with van der Waals surface area (Å²) < 4.78 is 0. The highest BCUT2D eigenvalue weighted by Gasteiger charge is 2.07. The van der Waals surface area contributed by atoms with Crippen molar-refractivity contribution in [2.75, 3.05) is 6.54 Å². The lowest BCUT2D eigenvalue weighted by Gasteiger charge is -2.05. The molecule has 3 N–H and O–H groups in total. The zero-order chi connectivity index (χ0) is 12.7. The highest BCUT2D eigenvalue weighted by atomic mass is 14.7. The van der Waals surface area contributed by atoms with Gasteiger partial charge in [0.25, 0.3) is 0 Å². The standard InChI is InChI=1S/C12H15N.C3H9N/c1-3-9(2)11-8-13-12-7-5-4-6-10(11)12;1-2-3-4/h4-9,13H,3H2,1-2H3;2-4H2,1H3. The van der Waals surface area contributed by atoms with E-state index in [4.69, 9.17) is 5.73 Å². The molecule has 0 radical (unpaired) electrons. The van der Waals surface area contributed by atoms with Gasteiger partial charge in [-0.1, -0.05) is 39.0 Å². The van der Waals surface area contributed by atoms with Crippen LogP contribution in [0.25, 0.3) is 10.9 Å². The van der Waals surface area contributed by atoms with E-state index in [2.05, 4.69) is 56.2 Å². The molecule has 0 fully saturated rings. The van der Waals surface area contributed by atoms with Crippen LogP contribution in [0, 0.1) is 0 Å². The van der Waals surface area contributed by atoms with Crippen LogP contribution in [-0.4, -0.2) is 11.5 Å². The van der Waals surface area contributed by atoms with E-state index in [9.17, 15) is 0 Å². The van der Waals surface area contributed by atoms with Crippen molar-refractivity contribution in [3.05, 3.63) is 36.0 Å². The number of aromatic amines is 1. The third kappa shape index (κ3) is 3.60. The quantitative estimate of drug-likeness (QED) is 0.824. The molecule has 94 valence electrons. The number of H-pyrrole nitrogens is 1. The first-order chi connectivity index (χ1) is 8.24. The molecule has 0 saturated carbocycles. The smallest absolute Gasteiger partial charge is 0.0456 e. The van der Waals surface area contributed by atoms with Crippen molar-refractivity contribution in [3.8, 4) is 0 Å². The van der Waals surface area contributed by atoms with E-state index in [0.717, 1.165) is 13.0 Å². The van der Waals surface area contributed by atoms with Crippen molar-refractivity contribution in [2.45, 2.75) is 39.5 Å². The van der Waals surface area contributed by atoms with Gasteiger partial charge >= 0.3 is 0 Å². The first-order valence-corrected chi connectivity index (χ1v) is 6.50. The fourth-order valence-corrected chi connectivity index (χ4v) is 1.72. The Bertz CT molecular complexity index is 429. The van der Waals surface area contributed by atoms with E-state index in [1.54, 1.807) is 0 Å². The summed E-state index contributed by atoms with van der Waals surface area (Å²) in [7, 11) is 0. The van der Waals surface area contributed by atoms with Crippen LogP contribution in [0.2, 0.25) is 0 Å². The highest BCUT2D eigenvalue weighted by Crippen LogP contribution is 2.26. The van der Waals surface area contributed by atoms with Crippen LogP contribution >= 0.6 is 0 Å². The molecule has 2 aromatic rings. The number of para-hydroxylation sites is 1. The Balaban J connectivity index is 0.000000317. The number of nitrogens with two attached hydrogens (primary N) is 1. The van der Waals surface area contributed by atoms with Gasteiger partial charge < -0.3 is 10.7 Å². The molecular weight excluding hydrogens is 208 g/mol. The van der Waals surface area contributed by atoms with E-state index in [1.807, 2.05) is 0 Å². The number of hydrogen-bond acceptors (Lipinski definition) is 1. The molecule has 0 bridgehead atoms. The topological polar surface area (TPSA) is 41.8 Å². The van der Waals surface area contributed by atoms with Gasteiger partial charge in [0.05, 0.1) is 0 Å². The number of fused-ring (bicyclic) bond motifs is 1. The van der Waals surface area contributed by atoms with Gasteiger partial charge in [0.15, 0.2) is 0 Å². The molecule has 0 spiro atoms. The highest BCUT2D eigenvalue weighted by molar-refractivity contribution is 5.83. The van der Waals surface area contributed by atoms with Crippen LogP contribution in [0.15, 0.2) is 30.5 Å². The molecule has 0 aliphatic carbocycles. The molecule has 1 unspecified atom stereocenters. The number of hydrogen-bond donors (Lipinski definition) is 2. The third-order valence-electron chi connectivity index (χ3n) is 3.05. The van der Waals surface area contributed by atoms with E-state index < -0.39 is 0 Å². The summed E-state index contributed by atoms with van der Waals surface area (Å²) >= 11 is 0. The van der Waals surface area contributed by atoms with E-state index >= 15 is 0 Å².